The average Bonchev–Trinajstić information content (AvgIpc) is 4.14. The van der Waals surface area contributed by atoms with Crippen molar-refractivity contribution in [3.8, 4) is 39.1 Å². The van der Waals surface area contributed by atoms with Gasteiger partial charge >= 0.3 is 0 Å². The van der Waals surface area contributed by atoms with Crippen LogP contribution in [0.25, 0.3) is 104 Å². The molecule has 1 spiro atoms. The van der Waals surface area contributed by atoms with Gasteiger partial charge in [-0.3, -0.25) is 0 Å². The Morgan fingerprint density at radius 1 is 0.274 bits per heavy atom. The molecule has 1 heterocycles. The van der Waals surface area contributed by atoms with Crippen LogP contribution in [0.4, 0.5) is 17.1 Å². The maximum Gasteiger partial charge on any atom is 0.0726 e. The first-order valence-corrected chi connectivity index (χ1v) is 25.4. The largest absolute Gasteiger partial charge is 0.310 e. The Bertz CT molecular complexity index is 4520. The Labute approximate surface area is 422 Å². The molecule has 73 heavy (non-hydrogen) atoms. The second-order valence-corrected chi connectivity index (χ2v) is 19.9. The van der Waals surface area contributed by atoms with E-state index in [1.54, 1.807) is 0 Å². The van der Waals surface area contributed by atoms with Gasteiger partial charge in [-0.1, -0.05) is 212 Å². The highest BCUT2D eigenvalue weighted by Gasteiger charge is 2.51. The molecular formula is C71H44N2. The Hall–Kier alpha value is -9.50. The molecule has 338 valence electrons. The predicted molar refractivity (Wildman–Crippen MR) is 307 cm³/mol. The lowest BCUT2D eigenvalue weighted by Crippen LogP contribution is -2.26. The van der Waals surface area contributed by atoms with Crippen LogP contribution in [0.1, 0.15) is 22.3 Å². The average molecular weight is 925 g/mol. The molecule has 0 bridgehead atoms. The van der Waals surface area contributed by atoms with Gasteiger partial charge in [0.05, 0.1) is 16.4 Å². The minimum absolute atomic E-state index is 0.462. The number of hydrogen-bond acceptors (Lipinski definition) is 1. The van der Waals surface area contributed by atoms with Crippen LogP contribution in [0.3, 0.4) is 0 Å². The van der Waals surface area contributed by atoms with E-state index in [-0.39, 0.29) is 0 Å². The molecule has 14 aromatic rings. The van der Waals surface area contributed by atoms with Gasteiger partial charge in [0.25, 0.3) is 0 Å². The summed E-state index contributed by atoms with van der Waals surface area (Å²) in [4.78, 5) is 2.48. The van der Waals surface area contributed by atoms with Crippen molar-refractivity contribution in [2.24, 2.45) is 0 Å². The van der Waals surface area contributed by atoms with Gasteiger partial charge in [0.15, 0.2) is 0 Å². The molecule has 0 aliphatic heterocycles. The molecule has 2 nitrogen and oxygen atoms in total. The van der Waals surface area contributed by atoms with Crippen molar-refractivity contribution in [1.82, 2.24) is 4.57 Å². The fourth-order valence-electron chi connectivity index (χ4n) is 13.3. The molecule has 1 aromatic heterocycles. The molecule has 0 saturated heterocycles. The third-order valence-corrected chi connectivity index (χ3v) is 16.4. The molecule has 0 fully saturated rings. The van der Waals surface area contributed by atoms with Gasteiger partial charge in [0.2, 0.25) is 0 Å². The zero-order valence-corrected chi connectivity index (χ0v) is 39.8. The fourth-order valence-corrected chi connectivity index (χ4v) is 13.3. The van der Waals surface area contributed by atoms with Crippen molar-refractivity contribution in [1.29, 1.82) is 0 Å². The minimum Gasteiger partial charge on any atom is -0.310 e. The number of anilines is 3. The summed E-state index contributed by atoms with van der Waals surface area (Å²) in [5.74, 6) is 0. The highest BCUT2D eigenvalue weighted by molar-refractivity contribution is 6.26. The van der Waals surface area contributed by atoms with Crippen LogP contribution < -0.4 is 4.90 Å². The van der Waals surface area contributed by atoms with Crippen molar-refractivity contribution in [3.05, 3.63) is 289 Å². The Morgan fingerprint density at radius 2 is 0.740 bits per heavy atom. The summed E-state index contributed by atoms with van der Waals surface area (Å²) in [6.45, 7) is 0. The fraction of sp³-hybridized carbons (Fsp3) is 0.0141. The minimum atomic E-state index is -0.462. The van der Waals surface area contributed by atoms with Crippen molar-refractivity contribution in [3.63, 3.8) is 0 Å². The third-order valence-electron chi connectivity index (χ3n) is 16.4. The van der Waals surface area contributed by atoms with E-state index in [2.05, 4.69) is 276 Å². The van der Waals surface area contributed by atoms with Gasteiger partial charge in [-0.2, -0.15) is 0 Å². The van der Waals surface area contributed by atoms with E-state index < -0.39 is 5.41 Å². The van der Waals surface area contributed by atoms with Crippen LogP contribution in [-0.4, -0.2) is 4.57 Å². The second kappa shape index (κ2) is 15.3. The Morgan fingerprint density at radius 3 is 1.40 bits per heavy atom. The van der Waals surface area contributed by atoms with Crippen molar-refractivity contribution < 1.29 is 0 Å². The van der Waals surface area contributed by atoms with E-state index in [9.17, 15) is 0 Å². The summed E-state index contributed by atoms with van der Waals surface area (Å²) in [5, 5.41) is 12.6. The molecule has 13 aromatic carbocycles. The lowest BCUT2D eigenvalue weighted by Gasteiger charge is -2.32. The van der Waals surface area contributed by atoms with Crippen molar-refractivity contribution >= 4 is 82.0 Å². The first kappa shape index (κ1) is 40.3. The number of benzene rings is 13. The Kier molecular flexibility index (Phi) is 8.41. The first-order chi connectivity index (χ1) is 36.2. The smallest absolute Gasteiger partial charge is 0.0726 e. The van der Waals surface area contributed by atoms with Crippen LogP contribution in [0.2, 0.25) is 0 Å². The van der Waals surface area contributed by atoms with Gasteiger partial charge in [-0.25, -0.2) is 0 Å². The maximum atomic E-state index is 2.50. The molecule has 0 N–H and O–H groups in total. The predicted octanol–water partition coefficient (Wildman–Crippen LogP) is 18.9. The van der Waals surface area contributed by atoms with Crippen LogP contribution in [0, 0.1) is 0 Å². The zero-order valence-electron chi connectivity index (χ0n) is 39.8. The third kappa shape index (κ3) is 5.58. The topological polar surface area (TPSA) is 8.17 Å². The number of fused-ring (bicyclic) bond motifs is 21. The number of hydrogen-bond donors (Lipinski definition) is 0. The number of nitrogens with zero attached hydrogens (tertiary/aromatic N) is 2. The van der Waals surface area contributed by atoms with Gasteiger partial charge in [0, 0.05) is 38.9 Å². The number of rotatable bonds is 5. The lowest BCUT2D eigenvalue weighted by atomic mass is 9.70. The molecule has 2 aliphatic carbocycles. The van der Waals surface area contributed by atoms with Crippen molar-refractivity contribution in [2.75, 3.05) is 4.90 Å². The quantitative estimate of drug-likeness (QED) is 0.156. The van der Waals surface area contributed by atoms with Crippen LogP contribution in [-0.2, 0) is 5.41 Å². The molecule has 2 aliphatic rings. The summed E-state index contributed by atoms with van der Waals surface area (Å²) in [5.41, 5.74) is 19.3. The van der Waals surface area contributed by atoms with E-state index in [1.807, 2.05) is 0 Å². The van der Waals surface area contributed by atoms with E-state index in [0.717, 1.165) is 22.7 Å². The van der Waals surface area contributed by atoms with E-state index in [4.69, 9.17) is 0 Å². The highest BCUT2D eigenvalue weighted by Crippen LogP contribution is 2.63. The number of aromatic nitrogens is 1. The van der Waals surface area contributed by atoms with Gasteiger partial charge < -0.3 is 9.47 Å². The van der Waals surface area contributed by atoms with Crippen LogP contribution in [0.15, 0.2) is 267 Å². The van der Waals surface area contributed by atoms with Crippen LogP contribution in [0.5, 0.6) is 0 Å². The molecule has 2 heteroatoms. The normalized spacial score (nSPS) is 13.0. The van der Waals surface area contributed by atoms with Crippen molar-refractivity contribution in [2.45, 2.75) is 5.41 Å². The molecular weight excluding hydrogens is 881 g/mol. The monoisotopic (exact) mass is 924 g/mol. The van der Waals surface area contributed by atoms with E-state index in [0.29, 0.717) is 0 Å². The van der Waals surface area contributed by atoms with Gasteiger partial charge in [-0.05, 0) is 148 Å². The molecule has 0 atom stereocenters. The van der Waals surface area contributed by atoms with Gasteiger partial charge in [0.1, 0.15) is 0 Å². The SMILES string of the molecule is c1ccc(-n2c3cc(-c4ccc(N(c5ccc6c(c5)C5(c7ccccc7-c7ccccc75)c5ccccc5-6)c5ccc6c7ccccc7c7ccccc7c6c5)cc4)ccc3c3ccc4ccccc4c32)cc1. The highest BCUT2D eigenvalue weighted by atomic mass is 15.1. The summed E-state index contributed by atoms with van der Waals surface area (Å²) in [6.07, 6.45) is 0. The maximum absolute atomic E-state index is 2.50. The molecule has 0 saturated carbocycles. The standard InChI is InChI=1S/C71H44N2/c1-2-17-48(18-3-1)73-69-42-47(33-38-62(69)63-39-32-46-16-4-5-19-52(46)70(63)73)45-30-34-49(35-31-45)72(50-36-40-57-55-22-7-6-20-53(55)54-21-8-9-23-56(54)64(57)43-50)51-37-41-61-60-26-12-15-29-67(60)71(68(61)44-51)65-27-13-10-24-58(65)59-25-11-14-28-66(59)71/h1-44H. The van der Waals surface area contributed by atoms with Gasteiger partial charge in [-0.15, -0.1) is 0 Å². The molecule has 0 unspecified atom stereocenters. The second-order valence-electron chi connectivity index (χ2n) is 19.9. The summed E-state index contributed by atoms with van der Waals surface area (Å²) in [6, 6.07) is 99.7. The summed E-state index contributed by atoms with van der Waals surface area (Å²) < 4.78 is 2.46. The lowest BCUT2D eigenvalue weighted by molar-refractivity contribution is 0.793. The number of para-hydroxylation sites is 1. The van der Waals surface area contributed by atoms with Crippen LogP contribution >= 0.6 is 0 Å². The molecule has 16 rings (SSSR count). The summed E-state index contributed by atoms with van der Waals surface area (Å²) >= 11 is 0. The zero-order chi connectivity index (χ0) is 47.8. The van der Waals surface area contributed by atoms with E-state index >= 15 is 0 Å². The Balaban J connectivity index is 0.910. The first-order valence-electron chi connectivity index (χ1n) is 25.4. The van der Waals surface area contributed by atoms with E-state index in [1.165, 1.54) is 121 Å². The summed E-state index contributed by atoms with van der Waals surface area (Å²) in [7, 11) is 0. The molecule has 0 radical (unpaired) electrons. The molecule has 0 amide bonds.